The Morgan fingerprint density at radius 1 is 1.14 bits per heavy atom. The fourth-order valence-electron chi connectivity index (χ4n) is 4.67. The van der Waals surface area contributed by atoms with Crippen molar-refractivity contribution in [2.45, 2.75) is 18.8 Å². The fourth-order valence-corrected chi connectivity index (χ4v) is 4.67. The van der Waals surface area contributed by atoms with Gasteiger partial charge in [0.25, 0.3) is 0 Å². The maximum Gasteiger partial charge on any atom is 0.240 e. The molecule has 5 aromatic rings. The maximum absolute atomic E-state index is 13.5. The highest BCUT2D eigenvalue weighted by atomic mass is 19.1. The number of fused-ring (bicyclic) bond motifs is 2. The highest BCUT2D eigenvalue weighted by molar-refractivity contribution is 6.09. The van der Waals surface area contributed by atoms with Crippen LogP contribution in [0.25, 0.3) is 17.2 Å². The van der Waals surface area contributed by atoms with E-state index in [1.165, 1.54) is 18.5 Å². The van der Waals surface area contributed by atoms with E-state index in [9.17, 15) is 9.18 Å². The maximum atomic E-state index is 13.5. The molecule has 0 spiro atoms. The number of benzene rings is 2. The Labute approximate surface area is 210 Å². The van der Waals surface area contributed by atoms with Crippen LogP contribution in [0.15, 0.2) is 61.1 Å². The lowest BCUT2D eigenvalue weighted by atomic mass is 9.78. The summed E-state index contributed by atoms with van der Waals surface area (Å²) < 4.78 is 20.5. The predicted molar refractivity (Wildman–Crippen MR) is 134 cm³/mol. The van der Waals surface area contributed by atoms with E-state index in [0.29, 0.717) is 34.6 Å². The third-order valence-electron chi connectivity index (χ3n) is 6.61. The van der Waals surface area contributed by atoms with E-state index in [1.807, 2.05) is 24.3 Å². The van der Waals surface area contributed by atoms with Gasteiger partial charge in [0.15, 0.2) is 11.5 Å². The third kappa shape index (κ3) is 3.63. The molecule has 37 heavy (non-hydrogen) atoms. The summed E-state index contributed by atoms with van der Waals surface area (Å²) in [6.45, 7) is 1.72. The molecule has 1 atom stereocenters. The van der Waals surface area contributed by atoms with E-state index in [-0.39, 0.29) is 23.4 Å². The number of rotatable bonds is 5. The Hall–Kier alpha value is -4.93. The lowest BCUT2D eigenvalue weighted by Crippen LogP contribution is -2.33. The second-order valence-corrected chi connectivity index (χ2v) is 8.87. The summed E-state index contributed by atoms with van der Waals surface area (Å²) in [4.78, 5) is 31.4. The topological polar surface area (TPSA) is 133 Å². The molecular formula is C26H21FN8O2. The fraction of sp³-hybridized carbons (Fsp3) is 0.154. The van der Waals surface area contributed by atoms with Gasteiger partial charge in [-0.05, 0) is 42.3 Å². The first-order valence-corrected chi connectivity index (χ1v) is 11.4. The Kier molecular flexibility index (Phi) is 5.07. The number of nitrogen functional groups attached to an aromatic ring is 1. The molecule has 1 amide bonds. The number of carbonyl (C=O) groups is 1. The number of nitrogens with two attached hydrogens (primary N) is 1. The monoisotopic (exact) mass is 496 g/mol. The zero-order valence-corrected chi connectivity index (χ0v) is 19.9. The van der Waals surface area contributed by atoms with Gasteiger partial charge in [0.05, 0.1) is 24.6 Å². The molecule has 0 unspecified atom stereocenters. The number of amides is 1. The lowest BCUT2D eigenvalue weighted by molar-refractivity contribution is -0.119. The molecule has 1 aliphatic heterocycles. The number of nitrogens with one attached hydrogen (secondary N) is 1. The minimum absolute atomic E-state index is 0.125. The van der Waals surface area contributed by atoms with Crippen LogP contribution in [0.1, 0.15) is 29.3 Å². The van der Waals surface area contributed by atoms with Crippen molar-refractivity contribution in [2.75, 3.05) is 18.2 Å². The van der Waals surface area contributed by atoms with Crippen molar-refractivity contribution in [1.29, 1.82) is 0 Å². The molecule has 11 heteroatoms. The standard InChI is InChI=1S/C26H21FN8O2/c1-26(15-6-8-16(27)9-7-15)20-21(28)32-22(33-23(20)34-25(26)36)19-12-35-24(29-13-30-35)18(31-19)11-14-4-3-5-17(10-14)37-2/h3-10,12-13H,11H2,1-2H3,(H3,28,32,33,34,36)/t26-/m0/s1. The van der Waals surface area contributed by atoms with E-state index in [0.717, 1.165) is 11.3 Å². The van der Waals surface area contributed by atoms with E-state index < -0.39 is 11.2 Å². The van der Waals surface area contributed by atoms with Gasteiger partial charge in [-0.3, -0.25) is 4.79 Å². The van der Waals surface area contributed by atoms with Gasteiger partial charge in [-0.2, -0.15) is 5.10 Å². The van der Waals surface area contributed by atoms with Crippen LogP contribution in [-0.2, 0) is 16.6 Å². The van der Waals surface area contributed by atoms with Crippen LogP contribution in [0, 0.1) is 5.82 Å². The molecule has 10 nitrogen and oxygen atoms in total. The quantitative estimate of drug-likeness (QED) is 0.379. The molecule has 0 bridgehead atoms. The Morgan fingerprint density at radius 3 is 2.73 bits per heavy atom. The Bertz CT molecular complexity index is 1680. The summed E-state index contributed by atoms with van der Waals surface area (Å²) in [5, 5.41) is 7.08. The van der Waals surface area contributed by atoms with Crippen LogP contribution in [0.4, 0.5) is 16.0 Å². The molecule has 184 valence electrons. The molecule has 0 saturated carbocycles. The number of methoxy groups -OCH3 is 1. The van der Waals surface area contributed by atoms with Gasteiger partial charge < -0.3 is 15.8 Å². The number of hydrogen-bond acceptors (Lipinski definition) is 8. The number of halogens is 1. The van der Waals surface area contributed by atoms with E-state index in [1.54, 1.807) is 36.9 Å². The van der Waals surface area contributed by atoms with Crippen LogP contribution >= 0.6 is 0 Å². The minimum atomic E-state index is -1.17. The average Bonchev–Trinajstić information content (AvgIpc) is 3.47. The van der Waals surface area contributed by atoms with Crippen molar-refractivity contribution in [3.05, 3.63) is 89.3 Å². The molecule has 6 rings (SSSR count). The normalized spacial score (nSPS) is 16.6. The molecule has 1 aliphatic rings. The van der Waals surface area contributed by atoms with E-state index in [4.69, 9.17) is 15.5 Å². The first-order valence-electron chi connectivity index (χ1n) is 11.4. The highest BCUT2D eigenvalue weighted by Gasteiger charge is 2.47. The molecular weight excluding hydrogens is 475 g/mol. The molecule has 0 fully saturated rings. The summed E-state index contributed by atoms with van der Waals surface area (Å²) in [6, 6.07) is 13.4. The average molecular weight is 497 g/mol. The summed E-state index contributed by atoms with van der Waals surface area (Å²) >= 11 is 0. The van der Waals surface area contributed by atoms with Crippen molar-refractivity contribution in [1.82, 2.24) is 29.5 Å². The Morgan fingerprint density at radius 2 is 1.95 bits per heavy atom. The summed E-state index contributed by atoms with van der Waals surface area (Å²) in [7, 11) is 1.62. The lowest BCUT2D eigenvalue weighted by Gasteiger charge is -2.23. The van der Waals surface area contributed by atoms with Crippen LogP contribution in [0.2, 0.25) is 0 Å². The van der Waals surface area contributed by atoms with Crippen molar-refractivity contribution >= 4 is 23.2 Å². The molecule has 0 radical (unpaired) electrons. The second kappa shape index (κ2) is 8.33. The Balaban J connectivity index is 1.44. The number of carbonyl (C=O) groups excluding carboxylic acids is 1. The first kappa shape index (κ1) is 22.5. The molecule has 3 aromatic heterocycles. The number of aromatic nitrogens is 6. The molecule has 0 saturated heterocycles. The van der Waals surface area contributed by atoms with Gasteiger partial charge in [0.1, 0.15) is 40.6 Å². The SMILES string of the molecule is COc1cccc(Cc2nc(-c3nc(N)c4c(n3)NC(=O)[C@@]4(C)c3ccc(F)cc3)cn3ncnc23)c1. The van der Waals surface area contributed by atoms with E-state index in [2.05, 4.69) is 25.4 Å². The second-order valence-electron chi connectivity index (χ2n) is 8.87. The predicted octanol–water partition coefficient (Wildman–Crippen LogP) is 3.16. The first-order chi connectivity index (χ1) is 17.9. The summed E-state index contributed by atoms with van der Waals surface area (Å²) in [6.07, 6.45) is 3.57. The van der Waals surface area contributed by atoms with Crippen LogP contribution in [0.3, 0.4) is 0 Å². The van der Waals surface area contributed by atoms with Crippen molar-refractivity contribution in [3.8, 4) is 17.3 Å². The third-order valence-corrected chi connectivity index (χ3v) is 6.61. The largest absolute Gasteiger partial charge is 0.497 e. The zero-order chi connectivity index (χ0) is 25.7. The number of ether oxygens (including phenoxy) is 1. The minimum Gasteiger partial charge on any atom is -0.497 e. The van der Waals surface area contributed by atoms with Gasteiger partial charge >= 0.3 is 0 Å². The number of anilines is 2. The van der Waals surface area contributed by atoms with Gasteiger partial charge in [-0.25, -0.2) is 28.8 Å². The molecule has 2 aromatic carbocycles. The molecule has 3 N–H and O–H groups in total. The van der Waals surface area contributed by atoms with Crippen molar-refractivity contribution in [2.24, 2.45) is 0 Å². The summed E-state index contributed by atoms with van der Waals surface area (Å²) in [5.74, 6) is 0.648. The number of hydrogen-bond donors (Lipinski definition) is 2. The van der Waals surface area contributed by atoms with Crippen molar-refractivity contribution < 1.29 is 13.9 Å². The smallest absolute Gasteiger partial charge is 0.240 e. The van der Waals surface area contributed by atoms with Crippen LogP contribution in [-0.4, -0.2) is 42.6 Å². The van der Waals surface area contributed by atoms with Gasteiger partial charge in [-0.1, -0.05) is 24.3 Å². The highest BCUT2D eigenvalue weighted by Crippen LogP contribution is 2.44. The summed E-state index contributed by atoms with van der Waals surface area (Å²) in [5.41, 5.74) is 8.89. The van der Waals surface area contributed by atoms with Crippen LogP contribution < -0.4 is 15.8 Å². The van der Waals surface area contributed by atoms with Gasteiger partial charge in [0, 0.05) is 6.42 Å². The molecule has 4 heterocycles. The van der Waals surface area contributed by atoms with Crippen LogP contribution in [0.5, 0.6) is 5.75 Å². The number of nitrogens with zero attached hydrogens (tertiary/aromatic N) is 6. The van der Waals surface area contributed by atoms with Gasteiger partial charge in [-0.15, -0.1) is 0 Å². The zero-order valence-electron chi connectivity index (χ0n) is 19.9. The van der Waals surface area contributed by atoms with Crippen molar-refractivity contribution in [3.63, 3.8) is 0 Å². The molecule has 0 aliphatic carbocycles. The van der Waals surface area contributed by atoms with E-state index >= 15 is 0 Å². The van der Waals surface area contributed by atoms with Gasteiger partial charge in [0.2, 0.25) is 5.91 Å².